The summed E-state index contributed by atoms with van der Waals surface area (Å²) in [5, 5.41) is 2.76. The fraction of sp³-hybridized carbons (Fsp3) is 0.667. The lowest BCUT2D eigenvalue weighted by atomic mass is 10.1. The van der Waals surface area contributed by atoms with E-state index in [-0.39, 0.29) is 12.4 Å². The molecule has 0 unspecified atom stereocenters. The summed E-state index contributed by atoms with van der Waals surface area (Å²) in [5.41, 5.74) is 0.725. The highest BCUT2D eigenvalue weighted by atomic mass is 35.5. The summed E-state index contributed by atoms with van der Waals surface area (Å²) >= 11 is 0. The van der Waals surface area contributed by atoms with Crippen LogP contribution in [-0.4, -0.2) is 43.8 Å². The maximum Gasteiger partial charge on any atom is 0.411 e. The molecular weight excluding hydrogens is 364 g/mol. The van der Waals surface area contributed by atoms with Gasteiger partial charge in [-0.3, -0.25) is 10.2 Å². The van der Waals surface area contributed by atoms with E-state index >= 15 is 0 Å². The van der Waals surface area contributed by atoms with Crippen molar-refractivity contribution in [2.24, 2.45) is 0 Å². The monoisotopic (exact) mass is 398 g/mol. The Morgan fingerprint density at radius 3 is 2.41 bits per heavy atom. The Morgan fingerprint density at radius 1 is 1.00 bits per heavy atom. The summed E-state index contributed by atoms with van der Waals surface area (Å²) in [7, 11) is 0. The number of benzene rings is 1. The largest absolute Gasteiger partial charge is 0.494 e. The summed E-state index contributed by atoms with van der Waals surface area (Å²) < 4.78 is 11.0. The van der Waals surface area contributed by atoms with Crippen molar-refractivity contribution in [3.05, 3.63) is 24.3 Å². The molecule has 0 bridgehead atoms. The summed E-state index contributed by atoms with van der Waals surface area (Å²) in [4.78, 5) is 14.2. The van der Waals surface area contributed by atoms with E-state index < -0.39 is 6.09 Å². The number of rotatable bonds is 11. The summed E-state index contributed by atoms with van der Waals surface area (Å²) in [6.45, 7) is 6.45. The molecule has 1 aliphatic heterocycles. The van der Waals surface area contributed by atoms with Crippen LogP contribution in [0.15, 0.2) is 24.3 Å². The lowest BCUT2D eigenvalue weighted by Crippen LogP contribution is -2.33. The first kappa shape index (κ1) is 23.6. The molecule has 1 amide bonds. The number of unbranched alkanes of at least 4 members (excludes halogenated alkanes) is 4. The fourth-order valence-corrected chi connectivity index (χ4v) is 3.13. The second-order valence-electron chi connectivity index (χ2n) is 6.95. The predicted molar refractivity (Wildman–Crippen MR) is 113 cm³/mol. The molecule has 154 valence electrons. The molecule has 0 saturated carbocycles. The maximum atomic E-state index is 11.9. The molecule has 1 N–H and O–H groups in total. The number of amides is 1. The number of anilines is 1. The Balaban J connectivity index is 0.00000364. The van der Waals surface area contributed by atoms with Crippen molar-refractivity contribution in [3.63, 3.8) is 0 Å². The molecule has 5 nitrogen and oxygen atoms in total. The quantitative estimate of drug-likeness (QED) is 0.500. The Hall–Kier alpha value is -1.46. The van der Waals surface area contributed by atoms with Crippen LogP contribution < -0.4 is 10.1 Å². The van der Waals surface area contributed by atoms with Crippen molar-refractivity contribution in [1.82, 2.24) is 4.90 Å². The summed E-state index contributed by atoms with van der Waals surface area (Å²) in [6.07, 6.45) is 9.56. The predicted octanol–water partition coefficient (Wildman–Crippen LogP) is 5.49. The molecule has 27 heavy (non-hydrogen) atoms. The van der Waals surface area contributed by atoms with Gasteiger partial charge < -0.3 is 9.47 Å². The number of piperidine rings is 1. The van der Waals surface area contributed by atoms with E-state index in [0.717, 1.165) is 44.1 Å². The Morgan fingerprint density at radius 2 is 1.70 bits per heavy atom. The van der Waals surface area contributed by atoms with Crippen LogP contribution in [0.3, 0.4) is 0 Å². The number of halogens is 1. The molecule has 0 atom stereocenters. The zero-order valence-corrected chi connectivity index (χ0v) is 17.4. The summed E-state index contributed by atoms with van der Waals surface area (Å²) in [6, 6.07) is 7.46. The lowest BCUT2D eigenvalue weighted by molar-refractivity contribution is 0.131. The van der Waals surface area contributed by atoms with Gasteiger partial charge in [-0.15, -0.1) is 12.4 Å². The van der Waals surface area contributed by atoms with Gasteiger partial charge >= 0.3 is 6.09 Å². The fourth-order valence-electron chi connectivity index (χ4n) is 3.13. The SMILES string of the molecule is CCCCCCCOc1ccc(NC(=O)OCCN2CCCCC2)cc1.Cl. The van der Waals surface area contributed by atoms with Crippen LogP contribution in [-0.2, 0) is 4.74 Å². The molecule has 1 aliphatic rings. The molecular formula is C21H35ClN2O3. The first-order chi connectivity index (χ1) is 12.8. The standard InChI is InChI=1S/C21H34N2O3.ClH/c1-2-3-4-5-9-17-25-20-12-10-19(11-13-20)22-21(24)26-18-16-23-14-7-6-8-15-23;/h10-13H,2-9,14-18H2,1H3,(H,22,24);1H. The van der Waals surface area contributed by atoms with Crippen molar-refractivity contribution in [3.8, 4) is 5.75 Å². The van der Waals surface area contributed by atoms with Crippen molar-refractivity contribution < 1.29 is 14.3 Å². The number of nitrogens with zero attached hydrogens (tertiary/aromatic N) is 1. The topological polar surface area (TPSA) is 50.8 Å². The summed E-state index contributed by atoms with van der Waals surface area (Å²) in [5.74, 6) is 0.838. The van der Waals surface area contributed by atoms with Gasteiger partial charge in [-0.1, -0.05) is 39.0 Å². The number of carbonyl (C=O) groups excluding carboxylic acids is 1. The third-order valence-corrected chi connectivity index (χ3v) is 4.71. The number of likely N-dealkylation sites (tertiary alicyclic amines) is 1. The van der Waals surface area contributed by atoms with Crippen LogP contribution in [0.1, 0.15) is 58.3 Å². The van der Waals surface area contributed by atoms with Gasteiger partial charge in [0, 0.05) is 12.2 Å². The van der Waals surface area contributed by atoms with E-state index in [1.54, 1.807) is 0 Å². The van der Waals surface area contributed by atoms with Gasteiger partial charge in [-0.2, -0.15) is 0 Å². The number of hydrogen-bond donors (Lipinski definition) is 1. The van der Waals surface area contributed by atoms with Crippen LogP contribution in [0.25, 0.3) is 0 Å². The minimum atomic E-state index is -0.397. The van der Waals surface area contributed by atoms with Gasteiger partial charge in [0.1, 0.15) is 12.4 Å². The van der Waals surface area contributed by atoms with E-state index in [1.165, 1.54) is 44.9 Å². The van der Waals surface area contributed by atoms with E-state index in [1.807, 2.05) is 24.3 Å². The molecule has 2 rings (SSSR count). The highest BCUT2D eigenvalue weighted by Gasteiger charge is 2.10. The Bertz CT molecular complexity index is 505. The zero-order chi connectivity index (χ0) is 18.5. The van der Waals surface area contributed by atoms with Gasteiger partial charge in [0.05, 0.1) is 6.61 Å². The van der Waals surface area contributed by atoms with Crippen molar-refractivity contribution in [1.29, 1.82) is 0 Å². The molecule has 1 fully saturated rings. The molecule has 0 radical (unpaired) electrons. The van der Waals surface area contributed by atoms with Crippen molar-refractivity contribution in [2.75, 3.05) is 38.2 Å². The molecule has 1 aromatic carbocycles. The van der Waals surface area contributed by atoms with Crippen molar-refractivity contribution >= 4 is 24.2 Å². The third-order valence-electron chi connectivity index (χ3n) is 4.71. The number of ether oxygens (including phenoxy) is 2. The molecule has 0 aliphatic carbocycles. The minimum Gasteiger partial charge on any atom is -0.494 e. The Kier molecular flexibility index (Phi) is 12.7. The molecule has 1 aromatic rings. The minimum absolute atomic E-state index is 0. The first-order valence-corrected chi connectivity index (χ1v) is 10.2. The molecule has 6 heteroatoms. The molecule has 0 aromatic heterocycles. The average Bonchev–Trinajstić information content (AvgIpc) is 2.67. The first-order valence-electron chi connectivity index (χ1n) is 10.2. The van der Waals surface area contributed by atoms with Gasteiger partial charge in [0.15, 0.2) is 0 Å². The van der Waals surface area contributed by atoms with Crippen LogP contribution in [0, 0.1) is 0 Å². The second-order valence-corrected chi connectivity index (χ2v) is 6.95. The third kappa shape index (κ3) is 10.5. The van der Waals surface area contributed by atoms with Crippen LogP contribution in [0.2, 0.25) is 0 Å². The average molecular weight is 399 g/mol. The molecule has 0 spiro atoms. The number of hydrogen-bond acceptors (Lipinski definition) is 4. The van der Waals surface area contributed by atoms with Gasteiger partial charge in [-0.25, -0.2) is 4.79 Å². The smallest absolute Gasteiger partial charge is 0.411 e. The lowest BCUT2D eigenvalue weighted by Gasteiger charge is -2.25. The Labute approximate surface area is 170 Å². The maximum absolute atomic E-state index is 11.9. The highest BCUT2D eigenvalue weighted by Crippen LogP contribution is 2.16. The normalized spacial score (nSPS) is 14.3. The van der Waals surface area contributed by atoms with E-state index in [2.05, 4.69) is 17.1 Å². The molecule has 1 heterocycles. The van der Waals surface area contributed by atoms with Crippen LogP contribution in [0.4, 0.5) is 10.5 Å². The van der Waals surface area contributed by atoms with Gasteiger partial charge in [0.25, 0.3) is 0 Å². The van der Waals surface area contributed by atoms with Crippen molar-refractivity contribution in [2.45, 2.75) is 58.3 Å². The zero-order valence-electron chi connectivity index (χ0n) is 16.6. The van der Waals surface area contributed by atoms with Crippen LogP contribution in [0.5, 0.6) is 5.75 Å². The van der Waals surface area contributed by atoms with Gasteiger partial charge in [0.2, 0.25) is 0 Å². The van der Waals surface area contributed by atoms with E-state index in [0.29, 0.717) is 6.61 Å². The van der Waals surface area contributed by atoms with E-state index in [4.69, 9.17) is 9.47 Å². The molecule has 1 saturated heterocycles. The highest BCUT2D eigenvalue weighted by molar-refractivity contribution is 5.85. The van der Waals surface area contributed by atoms with Gasteiger partial charge in [-0.05, 0) is 56.6 Å². The second kappa shape index (κ2) is 14.6. The number of nitrogens with one attached hydrogen (secondary N) is 1. The van der Waals surface area contributed by atoms with Crippen LogP contribution >= 0.6 is 12.4 Å². The number of carbonyl (C=O) groups is 1. The van der Waals surface area contributed by atoms with E-state index in [9.17, 15) is 4.79 Å².